The Balaban J connectivity index is 3.05. The smallest absolute Gasteiger partial charge is 0.510 e. The maximum Gasteiger partial charge on any atom is 0.707 e. The molecule has 0 spiro atoms. The SMILES string of the molecule is CC(C)(C)S(=O)(=O)Nc1ccccc1OB(O)O. The third kappa shape index (κ3) is 3.62. The highest BCUT2D eigenvalue weighted by Crippen LogP contribution is 2.27. The number of anilines is 1. The minimum absolute atomic E-state index is 0.0420. The summed E-state index contributed by atoms with van der Waals surface area (Å²) < 4.78 is 30.0. The zero-order valence-electron chi connectivity index (χ0n) is 10.4. The van der Waals surface area contributed by atoms with Crippen LogP contribution in [0.4, 0.5) is 5.69 Å². The predicted molar refractivity (Wildman–Crippen MR) is 69.6 cm³/mol. The lowest BCUT2D eigenvalue weighted by molar-refractivity contribution is 0.289. The minimum Gasteiger partial charge on any atom is -0.510 e. The summed E-state index contributed by atoms with van der Waals surface area (Å²) in [5.41, 5.74) is 0.153. The van der Waals surface area contributed by atoms with Crippen molar-refractivity contribution in [2.24, 2.45) is 0 Å². The van der Waals surface area contributed by atoms with Crippen molar-refractivity contribution in [2.75, 3.05) is 4.72 Å². The summed E-state index contributed by atoms with van der Waals surface area (Å²) in [5, 5.41) is 17.5. The van der Waals surface area contributed by atoms with Gasteiger partial charge in [-0.05, 0) is 32.9 Å². The molecule has 0 bridgehead atoms. The molecule has 0 amide bonds. The molecule has 3 N–H and O–H groups in total. The van der Waals surface area contributed by atoms with E-state index in [-0.39, 0.29) is 11.4 Å². The molecule has 0 saturated carbocycles. The quantitative estimate of drug-likeness (QED) is 0.697. The van der Waals surface area contributed by atoms with E-state index in [9.17, 15) is 8.42 Å². The zero-order valence-corrected chi connectivity index (χ0v) is 11.2. The fraction of sp³-hybridized carbons (Fsp3) is 0.400. The number of benzene rings is 1. The summed E-state index contributed by atoms with van der Waals surface area (Å²) in [6, 6.07) is 6.10. The maximum absolute atomic E-state index is 12.0. The van der Waals surface area contributed by atoms with Gasteiger partial charge in [0.25, 0.3) is 0 Å². The first-order valence-corrected chi connectivity index (χ1v) is 6.76. The van der Waals surface area contributed by atoms with Crippen LogP contribution >= 0.6 is 0 Å². The van der Waals surface area contributed by atoms with E-state index in [0.717, 1.165) is 0 Å². The van der Waals surface area contributed by atoms with E-state index < -0.39 is 22.1 Å². The molecule has 0 aliphatic heterocycles. The number of sulfonamides is 1. The summed E-state index contributed by atoms with van der Waals surface area (Å²) in [7, 11) is -5.61. The second-order valence-electron chi connectivity index (χ2n) is 4.66. The minimum atomic E-state index is -3.60. The Morgan fingerprint density at radius 3 is 2.28 bits per heavy atom. The highest BCUT2D eigenvalue weighted by molar-refractivity contribution is 7.94. The average molecular weight is 273 g/mol. The van der Waals surface area contributed by atoms with Crippen molar-refractivity contribution in [1.82, 2.24) is 0 Å². The van der Waals surface area contributed by atoms with Gasteiger partial charge in [-0.25, -0.2) is 8.42 Å². The molecule has 0 aromatic heterocycles. The summed E-state index contributed by atoms with van der Waals surface area (Å²) in [6.07, 6.45) is 0. The normalized spacial score (nSPS) is 12.1. The van der Waals surface area contributed by atoms with Crippen molar-refractivity contribution in [3.8, 4) is 5.75 Å². The molecule has 1 aromatic carbocycles. The van der Waals surface area contributed by atoms with Gasteiger partial charge >= 0.3 is 7.32 Å². The summed E-state index contributed by atoms with van der Waals surface area (Å²) in [5.74, 6) is 0.0420. The third-order valence-corrected chi connectivity index (χ3v) is 4.27. The fourth-order valence-corrected chi connectivity index (χ4v) is 1.83. The van der Waals surface area contributed by atoms with Crippen molar-refractivity contribution < 1.29 is 23.1 Å². The van der Waals surface area contributed by atoms with Crippen molar-refractivity contribution in [3.05, 3.63) is 24.3 Å². The molecular formula is C10H16BNO5S. The lowest BCUT2D eigenvalue weighted by Gasteiger charge is -2.21. The molecule has 0 atom stereocenters. The standard InChI is InChI=1S/C10H16BNO5S/c1-10(2,3)18(15,16)12-8-6-4-5-7-9(8)17-11(13)14/h4-7,12-14H,1-3H3. The van der Waals surface area contributed by atoms with Gasteiger partial charge < -0.3 is 14.7 Å². The second kappa shape index (κ2) is 5.17. The van der Waals surface area contributed by atoms with E-state index >= 15 is 0 Å². The number of para-hydroxylation sites is 2. The average Bonchev–Trinajstić information content (AvgIpc) is 2.18. The summed E-state index contributed by atoms with van der Waals surface area (Å²) >= 11 is 0. The number of hydrogen-bond acceptors (Lipinski definition) is 5. The third-order valence-electron chi connectivity index (χ3n) is 2.17. The summed E-state index contributed by atoms with van der Waals surface area (Å²) in [6.45, 7) is 4.67. The molecule has 0 heterocycles. The Hall–Kier alpha value is -1.25. The van der Waals surface area contributed by atoms with Gasteiger partial charge in [0.1, 0.15) is 5.75 Å². The van der Waals surface area contributed by atoms with E-state index in [1.165, 1.54) is 12.1 Å². The molecule has 100 valence electrons. The molecule has 6 nitrogen and oxygen atoms in total. The molecule has 0 saturated heterocycles. The Kier molecular flexibility index (Phi) is 4.26. The van der Waals surface area contributed by atoms with Crippen molar-refractivity contribution in [1.29, 1.82) is 0 Å². The first kappa shape index (κ1) is 14.8. The van der Waals surface area contributed by atoms with Gasteiger partial charge in [-0.1, -0.05) is 12.1 Å². The van der Waals surface area contributed by atoms with Crippen LogP contribution in [0.5, 0.6) is 5.75 Å². The number of nitrogens with one attached hydrogen (secondary N) is 1. The van der Waals surface area contributed by atoms with Crippen LogP contribution < -0.4 is 9.38 Å². The molecule has 1 rings (SSSR count). The zero-order chi connectivity index (χ0) is 14.0. The molecule has 0 aliphatic carbocycles. The van der Waals surface area contributed by atoms with Gasteiger partial charge in [-0.2, -0.15) is 0 Å². The van der Waals surface area contributed by atoms with E-state index in [4.69, 9.17) is 10.0 Å². The van der Waals surface area contributed by atoms with Crippen LogP contribution in [0.15, 0.2) is 24.3 Å². The van der Waals surface area contributed by atoms with Gasteiger partial charge in [0.05, 0.1) is 10.4 Å². The van der Waals surface area contributed by atoms with Crippen LogP contribution in [-0.2, 0) is 10.0 Å². The van der Waals surface area contributed by atoms with Crippen molar-refractivity contribution >= 4 is 23.0 Å². The molecule has 0 fully saturated rings. The van der Waals surface area contributed by atoms with E-state index in [0.29, 0.717) is 0 Å². The Bertz CT molecular complexity index is 509. The van der Waals surface area contributed by atoms with E-state index in [2.05, 4.69) is 9.38 Å². The monoisotopic (exact) mass is 273 g/mol. The van der Waals surface area contributed by atoms with Crippen molar-refractivity contribution in [3.63, 3.8) is 0 Å². The topological polar surface area (TPSA) is 95.9 Å². The predicted octanol–water partition coefficient (Wildman–Crippen LogP) is 0.575. The first-order chi connectivity index (χ1) is 8.13. The van der Waals surface area contributed by atoms with Crippen LogP contribution in [0.3, 0.4) is 0 Å². The Morgan fingerprint density at radius 2 is 1.78 bits per heavy atom. The van der Waals surface area contributed by atoms with Gasteiger partial charge in [-0.15, -0.1) is 0 Å². The lowest BCUT2D eigenvalue weighted by Crippen LogP contribution is -2.34. The largest absolute Gasteiger partial charge is 0.707 e. The lowest BCUT2D eigenvalue weighted by atomic mass is 10.2. The highest BCUT2D eigenvalue weighted by Gasteiger charge is 2.30. The van der Waals surface area contributed by atoms with Crippen LogP contribution in [0.25, 0.3) is 0 Å². The van der Waals surface area contributed by atoms with Crippen LogP contribution in [0.2, 0.25) is 0 Å². The maximum atomic E-state index is 12.0. The van der Waals surface area contributed by atoms with Gasteiger partial charge in [0.2, 0.25) is 10.0 Å². The van der Waals surface area contributed by atoms with Crippen molar-refractivity contribution in [2.45, 2.75) is 25.5 Å². The molecule has 0 aliphatic rings. The molecule has 1 aromatic rings. The number of hydrogen-bond donors (Lipinski definition) is 3. The van der Waals surface area contributed by atoms with Gasteiger partial charge in [0, 0.05) is 0 Å². The fourth-order valence-electron chi connectivity index (χ4n) is 1.07. The second-order valence-corrected chi connectivity index (χ2v) is 7.09. The van der Waals surface area contributed by atoms with E-state index in [1.54, 1.807) is 32.9 Å². The van der Waals surface area contributed by atoms with Crippen LogP contribution in [0.1, 0.15) is 20.8 Å². The molecule has 8 heteroatoms. The highest BCUT2D eigenvalue weighted by atomic mass is 32.2. The van der Waals surface area contributed by atoms with Crippen LogP contribution in [-0.4, -0.2) is 30.5 Å². The molecule has 18 heavy (non-hydrogen) atoms. The Morgan fingerprint density at radius 1 is 1.22 bits per heavy atom. The number of rotatable bonds is 4. The van der Waals surface area contributed by atoms with Gasteiger partial charge in [0.15, 0.2) is 0 Å². The molecule has 0 radical (unpaired) electrons. The van der Waals surface area contributed by atoms with E-state index in [1.807, 2.05) is 0 Å². The Labute approximate surface area is 107 Å². The van der Waals surface area contributed by atoms with Gasteiger partial charge in [-0.3, -0.25) is 4.72 Å². The first-order valence-electron chi connectivity index (χ1n) is 5.28. The molecule has 0 unspecified atom stereocenters. The van der Waals surface area contributed by atoms with Crippen LogP contribution in [0, 0.1) is 0 Å². The summed E-state index contributed by atoms with van der Waals surface area (Å²) in [4.78, 5) is 0. The molecular weight excluding hydrogens is 257 g/mol.